The monoisotopic (exact) mass is 282 g/mol. The van der Waals surface area contributed by atoms with Crippen molar-refractivity contribution >= 4 is 21.7 Å². The Morgan fingerprint density at radius 2 is 2.19 bits per heavy atom. The fraction of sp³-hybridized carbons (Fsp3) is 0.182. The van der Waals surface area contributed by atoms with E-state index in [0.717, 1.165) is 21.3 Å². The molecule has 0 spiro atoms. The molecule has 2 aromatic rings. The molecule has 2 N–H and O–H groups in total. The van der Waals surface area contributed by atoms with Crippen molar-refractivity contribution in [2.75, 3.05) is 12.8 Å². The van der Waals surface area contributed by atoms with Gasteiger partial charge in [0.15, 0.2) is 11.6 Å². The molecular weight excluding hydrogens is 272 g/mol. The highest BCUT2D eigenvalue weighted by Crippen LogP contribution is 2.39. The summed E-state index contributed by atoms with van der Waals surface area (Å²) in [5, 5.41) is 3.67. The van der Waals surface area contributed by atoms with Crippen molar-refractivity contribution in [1.82, 2.24) is 5.16 Å². The molecule has 1 aromatic heterocycles. The number of nitrogens with two attached hydrogens (primary N) is 1. The Morgan fingerprint density at radius 3 is 2.75 bits per heavy atom. The number of nitrogens with zero attached hydrogens (tertiary/aromatic N) is 1. The summed E-state index contributed by atoms with van der Waals surface area (Å²) in [5.74, 6) is 1.68. The van der Waals surface area contributed by atoms with Gasteiger partial charge < -0.3 is 15.0 Å². The smallest absolute Gasteiger partial charge is 0.173 e. The maximum absolute atomic E-state index is 5.54. The first-order valence-electron chi connectivity index (χ1n) is 4.69. The molecule has 0 bridgehead atoms. The van der Waals surface area contributed by atoms with Crippen LogP contribution >= 0.6 is 15.9 Å². The van der Waals surface area contributed by atoms with E-state index in [1.165, 1.54) is 0 Å². The maximum Gasteiger partial charge on any atom is 0.173 e. The highest BCUT2D eigenvalue weighted by atomic mass is 79.9. The molecule has 0 atom stereocenters. The van der Waals surface area contributed by atoms with E-state index in [9.17, 15) is 0 Å². The number of ether oxygens (including phenoxy) is 1. The Morgan fingerprint density at radius 1 is 1.44 bits per heavy atom. The SMILES string of the molecule is COc1c(Br)ccc(C)c1-c1cc(N)no1. The van der Waals surface area contributed by atoms with Crippen molar-refractivity contribution in [3.63, 3.8) is 0 Å². The lowest BCUT2D eigenvalue weighted by molar-refractivity contribution is 0.404. The van der Waals surface area contributed by atoms with Crippen molar-refractivity contribution in [3.8, 4) is 17.1 Å². The molecule has 0 saturated heterocycles. The minimum atomic E-state index is 0.358. The van der Waals surface area contributed by atoms with Crippen LogP contribution in [-0.4, -0.2) is 12.3 Å². The number of methoxy groups -OCH3 is 1. The molecule has 0 aliphatic heterocycles. The summed E-state index contributed by atoms with van der Waals surface area (Å²) in [6, 6.07) is 5.58. The molecule has 0 aliphatic rings. The van der Waals surface area contributed by atoms with Gasteiger partial charge in [0.05, 0.1) is 17.1 Å². The van der Waals surface area contributed by atoms with E-state index in [-0.39, 0.29) is 0 Å². The van der Waals surface area contributed by atoms with Gasteiger partial charge in [-0.15, -0.1) is 0 Å². The molecule has 0 amide bonds. The molecule has 1 heterocycles. The van der Waals surface area contributed by atoms with Gasteiger partial charge >= 0.3 is 0 Å². The molecule has 0 unspecified atom stereocenters. The summed E-state index contributed by atoms with van der Waals surface area (Å²) in [7, 11) is 1.61. The van der Waals surface area contributed by atoms with Gasteiger partial charge in [-0.1, -0.05) is 11.2 Å². The van der Waals surface area contributed by atoms with Crippen LogP contribution in [0, 0.1) is 6.92 Å². The van der Waals surface area contributed by atoms with Crippen LogP contribution in [0.15, 0.2) is 27.2 Å². The normalized spacial score (nSPS) is 10.4. The number of nitrogen functional groups attached to an aromatic ring is 1. The van der Waals surface area contributed by atoms with E-state index >= 15 is 0 Å². The summed E-state index contributed by atoms with van der Waals surface area (Å²) < 4.78 is 11.4. The molecule has 16 heavy (non-hydrogen) atoms. The first kappa shape index (κ1) is 11.0. The summed E-state index contributed by atoms with van der Waals surface area (Å²) in [6.07, 6.45) is 0. The fourth-order valence-corrected chi connectivity index (χ4v) is 2.06. The zero-order valence-electron chi connectivity index (χ0n) is 8.95. The van der Waals surface area contributed by atoms with Gasteiger partial charge in [0.1, 0.15) is 5.75 Å². The van der Waals surface area contributed by atoms with Crippen molar-refractivity contribution in [2.45, 2.75) is 6.92 Å². The molecule has 2 rings (SSSR count). The predicted octanol–water partition coefficient (Wildman–Crippen LogP) is 3.00. The Bertz CT molecular complexity index is 523. The van der Waals surface area contributed by atoms with Crippen LogP contribution in [0.1, 0.15) is 5.56 Å². The highest BCUT2D eigenvalue weighted by Gasteiger charge is 2.16. The van der Waals surface area contributed by atoms with Crippen molar-refractivity contribution in [1.29, 1.82) is 0 Å². The first-order valence-corrected chi connectivity index (χ1v) is 5.48. The molecule has 84 valence electrons. The van der Waals surface area contributed by atoms with Gasteiger partial charge in [-0.05, 0) is 34.5 Å². The molecule has 1 aromatic carbocycles. The topological polar surface area (TPSA) is 61.3 Å². The Kier molecular flexibility index (Phi) is 2.87. The number of benzene rings is 1. The Balaban J connectivity index is 2.67. The average molecular weight is 283 g/mol. The zero-order valence-corrected chi connectivity index (χ0v) is 10.5. The third kappa shape index (κ3) is 1.78. The van der Waals surface area contributed by atoms with E-state index in [0.29, 0.717) is 11.6 Å². The number of rotatable bonds is 2. The minimum absolute atomic E-state index is 0.358. The third-order valence-electron chi connectivity index (χ3n) is 2.30. The second-order valence-corrected chi connectivity index (χ2v) is 4.24. The Hall–Kier alpha value is -1.49. The molecular formula is C11H11BrN2O2. The molecule has 0 fully saturated rings. The van der Waals surface area contributed by atoms with Crippen LogP contribution in [0.3, 0.4) is 0 Å². The molecule has 0 saturated carbocycles. The van der Waals surface area contributed by atoms with Gasteiger partial charge in [-0.25, -0.2) is 0 Å². The maximum atomic E-state index is 5.54. The van der Waals surface area contributed by atoms with E-state index < -0.39 is 0 Å². The average Bonchev–Trinajstić information content (AvgIpc) is 2.67. The van der Waals surface area contributed by atoms with Crippen LogP contribution in [0.25, 0.3) is 11.3 Å². The lowest BCUT2D eigenvalue weighted by Gasteiger charge is -2.10. The van der Waals surface area contributed by atoms with Gasteiger partial charge in [0.2, 0.25) is 0 Å². The van der Waals surface area contributed by atoms with Crippen LogP contribution in [-0.2, 0) is 0 Å². The van der Waals surface area contributed by atoms with Gasteiger partial charge in [0, 0.05) is 6.07 Å². The fourth-order valence-electron chi connectivity index (χ4n) is 1.57. The predicted molar refractivity (Wildman–Crippen MR) is 65.3 cm³/mol. The van der Waals surface area contributed by atoms with Crippen molar-refractivity contribution in [2.24, 2.45) is 0 Å². The largest absolute Gasteiger partial charge is 0.495 e. The van der Waals surface area contributed by atoms with E-state index in [1.807, 2.05) is 19.1 Å². The molecule has 4 nitrogen and oxygen atoms in total. The zero-order chi connectivity index (χ0) is 11.7. The second kappa shape index (κ2) is 4.17. The number of anilines is 1. The number of hydrogen-bond acceptors (Lipinski definition) is 4. The van der Waals surface area contributed by atoms with E-state index in [4.69, 9.17) is 15.0 Å². The quantitative estimate of drug-likeness (QED) is 0.920. The summed E-state index contributed by atoms with van der Waals surface area (Å²) in [6.45, 7) is 1.98. The molecule has 0 aliphatic carbocycles. The minimum Gasteiger partial charge on any atom is -0.495 e. The molecule has 5 heteroatoms. The standard InChI is InChI=1S/C11H11BrN2O2/c1-6-3-4-7(12)11(15-2)10(6)8-5-9(13)14-16-8/h3-5H,1-2H3,(H2,13,14). The summed E-state index contributed by atoms with van der Waals surface area (Å²) in [4.78, 5) is 0. The molecule has 0 radical (unpaired) electrons. The van der Waals surface area contributed by atoms with Crippen LogP contribution in [0.5, 0.6) is 5.75 Å². The van der Waals surface area contributed by atoms with E-state index in [1.54, 1.807) is 13.2 Å². The number of halogens is 1. The van der Waals surface area contributed by atoms with Gasteiger partial charge in [0.25, 0.3) is 0 Å². The first-order chi connectivity index (χ1) is 7.63. The van der Waals surface area contributed by atoms with Crippen LogP contribution in [0.2, 0.25) is 0 Å². The van der Waals surface area contributed by atoms with Crippen molar-refractivity contribution < 1.29 is 9.26 Å². The highest BCUT2D eigenvalue weighted by molar-refractivity contribution is 9.10. The summed E-state index contributed by atoms with van der Waals surface area (Å²) in [5.41, 5.74) is 7.44. The van der Waals surface area contributed by atoms with Crippen molar-refractivity contribution in [3.05, 3.63) is 28.2 Å². The summed E-state index contributed by atoms with van der Waals surface area (Å²) >= 11 is 3.43. The lowest BCUT2D eigenvalue weighted by atomic mass is 10.1. The van der Waals surface area contributed by atoms with Crippen LogP contribution in [0.4, 0.5) is 5.82 Å². The second-order valence-electron chi connectivity index (χ2n) is 3.39. The lowest BCUT2D eigenvalue weighted by Crippen LogP contribution is -1.91. The number of aryl methyl sites for hydroxylation is 1. The van der Waals surface area contributed by atoms with Crippen LogP contribution < -0.4 is 10.5 Å². The van der Waals surface area contributed by atoms with E-state index in [2.05, 4.69) is 21.1 Å². The van der Waals surface area contributed by atoms with Gasteiger partial charge in [-0.2, -0.15) is 0 Å². The van der Waals surface area contributed by atoms with Gasteiger partial charge in [-0.3, -0.25) is 0 Å². The third-order valence-corrected chi connectivity index (χ3v) is 2.92. The number of aromatic nitrogens is 1. The Labute approximate surface area is 102 Å². The number of hydrogen-bond donors (Lipinski definition) is 1.